The monoisotopic (exact) mass is 392 g/mol. The second-order valence-electron chi connectivity index (χ2n) is 6.10. The van der Waals surface area contributed by atoms with Crippen molar-refractivity contribution in [2.75, 3.05) is 30.8 Å². The molecule has 2 aromatic rings. The van der Waals surface area contributed by atoms with Gasteiger partial charge in [-0.2, -0.15) is 0 Å². The van der Waals surface area contributed by atoms with E-state index in [1.807, 2.05) is 30.3 Å². The van der Waals surface area contributed by atoms with Crippen molar-refractivity contribution in [3.63, 3.8) is 0 Å². The summed E-state index contributed by atoms with van der Waals surface area (Å²) >= 11 is 0. The number of benzene rings is 2. The summed E-state index contributed by atoms with van der Waals surface area (Å²) in [6, 6.07) is 15.6. The molecule has 0 aliphatic carbocycles. The Kier molecular flexibility index (Phi) is 7.20. The number of sulfonamides is 1. The molecular weight excluding hydrogens is 368 g/mol. The largest absolute Gasteiger partial charge is 0.457 e. The lowest BCUT2D eigenvalue weighted by Crippen LogP contribution is -2.44. The van der Waals surface area contributed by atoms with Gasteiger partial charge in [-0.05, 0) is 43.3 Å². The third-order valence-corrected chi connectivity index (χ3v) is 4.76. The van der Waals surface area contributed by atoms with Gasteiger partial charge in [-0.25, -0.2) is 8.42 Å². The SMILES string of the molecule is COC[C@@H](C)NC(=O)CN(c1ccc(Oc2ccccc2)cc1)S(C)(=O)=O. The molecule has 0 unspecified atom stereocenters. The molecular formula is C19H24N2O5S. The number of hydrogen-bond donors (Lipinski definition) is 1. The van der Waals surface area contributed by atoms with E-state index in [2.05, 4.69) is 5.32 Å². The van der Waals surface area contributed by atoms with Crippen molar-refractivity contribution < 1.29 is 22.7 Å². The maximum atomic E-state index is 12.2. The van der Waals surface area contributed by atoms with Crippen LogP contribution in [-0.4, -0.2) is 46.9 Å². The molecule has 0 fully saturated rings. The molecule has 0 radical (unpaired) electrons. The molecule has 27 heavy (non-hydrogen) atoms. The van der Waals surface area contributed by atoms with Crippen molar-refractivity contribution in [2.24, 2.45) is 0 Å². The number of ether oxygens (including phenoxy) is 2. The molecule has 146 valence electrons. The lowest BCUT2D eigenvalue weighted by atomic mass is 10.3. The topological polar surface area (TPSA) is 84.9 Å². The van der Waals surface area contributed by atoms with Gasteiger partial charge in [0.1, 0.15) is 18.0 Å². The number of hydrogen-bond acceptors (Lipinski definition) is 5. The number of anilines is 1. The molecule has 0 heterocycles. The Bertz CT molecular complexity index is 838. The van der Waals surface area contributed by atoms with Crippen LogP contribution in [0.3, 0.4) is 0 Å². The first-order valence-corrected chi connectivity index (χ1v) is 10.2. The Labute approximate surface area is 160 Å². The maximum Gasteiger partial charge on any atom is 0.241 e. The van der Waals surface area contributed by atoms with Gasteiger partial charge >= 0.3 is 0 Å². The summed E-state index contributed by atoms with van der Waals surface area (Å²) < 4.78 is 36.0. The van der Waals surface area contributed by atoms with Crippen molar-refractivity contribution in [3.05, 3.63) is 54.6 Å². The zero-order valence-electron chi connectivity index (χ0n) is 15.6. The molecule has 2 rings (SSSR count). The van der Waals surface area contributed by atoms with Crippen molar-refractivity contribution >= 4 is 21.6 Å². The zero-order chi connectivity index (χ0) is 19.9. The van der Waals surface area contributed by atoms with Gasteiger partial charge in [-0.15, -0.1) is 0 Å². The number of nitrogens with zero attached hydrogens (tertiary/aromatic N) is 1. The fraction of sp³-hybridized carbons (Fsp3) is 0.316. The highest BCUT2D eigenvalue weighted by atomic mass is 32.2. The van der Waals surface area contributed by atoms with Gasteiger partial charge < -0.3 is 14.8 Å². The van der Waals surface area contributed by atoms with Crippen LogP contribution in [0, 0.1) is 0 Å². The van der Waals surface area contributed by atoms with Crippen LogP contribution in [0.4, 0.5) is 5.69 Å². The average Bonchev–Trinajstić information content (AvgIpc) is 2.61. The summed E-state index contributed by atoms with van der Waals surface area (Å²) in [7, 11) is -2.10. The number of rotatable bonds is 9. The highest BCUT2D eigenvalue weighted by molar-refractivity contribution is 7.92. The van der Waals surface area contributed by atoms with Crippen molar-refractivity contribution in [1.82, 2.24) is 5.32 Å². The summed E-state index contributed by atoms with van der Waals surface area (Å²) in [5.41, 5.74) is 0.382. The van der Waals surface area contributed by atoms with E-state index in [0.29, 0.717) is 23.8 Å². The van der Waals surface area contributed by atoms with E-state index in [0.717, 1.165) is 10.6 Å². The third kappa shape index (κ3) is 6.58. The summed E-state index contributed by atoms with van der Waals surface area (Å²) in [4.78, 5) is 12.2. The molecule has 8 heteroatoms. The molecule has 0 aliphatic rings. The van der Waals surface area contributed by atoms with Crippen LogP contribution in [0.5, 0.6) is 11.5 Å². The number of carbonyl (C=O) groups is 1. The van der Waals surface area contributed by atoms with Gasteiger partial charge in [0, 0.05) is 13.2 Å². The molecule has 0 aromatic heterocycles. The predicted octanol–water partition coefficient (Wildman–Crippen LogP) is 2.40. The second-order valence-corrected chi connectivity index (χ2v) is 8.01. The molecule has 1 atom stereocenters. The first-order valence-electron chi connectivity index (χ1n) is 8.38. The predicted molar refractivity (Wildman–Crippen MR) is 105 cm³/mol. The smallest absolute Gasteiger partial charge is 0.241 e. The van der Waals surface area contributed by atoms with E-state index in [9.17, 15) is 13.2 Å². The minimum absolute atomic E-state index is 0.217. The zero-order valence-corrected chi connectivity index (χ0v) is 16.4. The molecule has 1 amide bonds. The van der Waals surface area contributed by atoms with Crippen molar-refractivity contribution in [2.45, 2.75) is 13.0 Å². The van der Waals surface area contributed by atoms with Gasteiger partial charge in [-0.3, -0.25) is 9.10 Å². The highest BCUT2D eigenvalue weighted by Crippen LogP contribution is 2.25. The van der Waals surface area contributed by atoms with E-state index in [4.69, 9.17) is 9.47 Å². The Hall–Kier alpha value is -2.58. The molecule has 2 aromatic carbocycles. The number of nitrogens with one attached hydrogen (secondary N) is 1. The third-order valence-electron chi connectivity index (χ3n) is 3.62. The summed E-state index contributed by atoms with van der Waals surface area (Å²) in [5.74, 6) is 0.836. The highest BCUT2D eigenvalue weighted by Gasteiger charge is 2.21. The fourth-order valence-electron chi connectivity index (χ4n) is 2.45. The van der Waals surface area contributed by atoms with Gasteiger partial charge in [0.15, 0.2) is 0 Å². The number of para-hydroxylation sites is 1. The molecule has 0 spiro atoms. The molecule has 1 N–H and O–H groups in total. The van der Waals surface area contributed by atoms with Crippen LogP contribution in [0.15, 0.2) is 54.6 Å². The molecule has 0 saturated carbocycles. The fourth-order valence-corrected chi connectivity index (χ4v) is 3.30. The van der Waals surface area contributed by atoms with Crippen LogP contribution < -0.4 is 14.4 Å². The Morgan fingerprint density at radius 2 is 1.67 bits per heavy atom. The maximum absolute atomic E-state index is 12.2. The lowest BCUT2D eigenvalue weighted by molar-refractivity contribution is -0.120. The van der Waals surface area contributed by atoms with Gasteiger partial charge in [0.05, 0.1) is 18.6 Å². The number of methoxy groups -OCH3 is 1. The van der Waals surface area contributed by atoms with Crippen LogP contribution >= 0.6 is 0 Å². The minimum atomic E-state index is -3.63. The van der Waals surface area contributed by atoms with E-state index >= 15 is 0 Å². The van der Waals surface area contributed by atoms with E-state index < -0.39 is 15.9 Å². The Morgan fingerprint density at radius 3 is 2.22 bits per heavy atom. The van der Waals surface area contributed by atoms with Crippen LogP contribution in [0.2, 0.25) is 0 Å². The first-order chi connectivity index (χ1) is 12.8. The van der Waals surface area contributed by atoms with Gasteiger partial charge in [-0.1, -0.05) is 18.2 Å². The molecule has 0 aliphatic heterocycles. The minimum Gasteiger partial charge on any atom is -0.457 e. The normalized spacial score (nSPS) is 12.3. The van der Waals surface area contributed by atoms with E-state index in [-0.39, 0.29) is 12.6 Å². The molecule has 0 saturated heterocycles. The standard InChI is InChI=1S/C19H24N2O5S/c1-15(14-25-2)20-19(22)13-21(27(3,23)24)16-9-11-18(12-10-16)26-17-7-5-4-6-8-17/h4-12,15H,13-14H2,1-3H3,(H,20,22)/t15-/m1/s1. The molecule has 0 bridgehead atoms. The van der Waals surface area contributed by atoms with Gasteiger partial charge in [0.25, 0.3) is 0 Å². The first kappa shape index (κ1) is 20.7. The Balaban J connectivity index is 2.11. The second kappa shape index (κ2) is 9.38. The van der Waals surface area contributed by atoms with E-state index in [1.54, 1.807) is 31.2 Å². The summed E-state index contributed by atoms with van der Waals surface area (Å²) in [6.07, 6.45) is 1.06. The average molecular weight is 392 g/mol. The Morgan fingerprint density at radius 1 is 1.07 bits per heavy atom. The van der Waals surface area contributed by atoms with Crippen molar-refractivity contribution in [1.29, 1.82) is 0 Å². The van der Waals surface area contributed by atoms with Crippen LogP contribution in [0.25, 0.3) is 0 Å². The van der Waals surface area contributed by atoms with Crippen molar-refractivity contribution in [3.8, 4) is 11.5 Å². The van der Waals surface area contributed by atoms with Crippen LogP contribution in [-0.2, 0) is 19.6 Å². The number of carbonyl (C=O) groups excluding carboxylic acids is 1. The summed E-state index contributed by atoms with van der Waals surface area (Å²) in [6.45, 7) is 1.81. The van der Waals surface area contributed by atoms with E-state index in [1.165, 1.54) is 7.11 Å². The molecule has 7 nitrogen and oxygen atoms in total. The van der Waals surface area contributed by atoms with Gasteiger partial charge in [0.2, 0.25) is 15.9 Å². The lowest BCUT2D eigenvalue weighted by Gasteiger charge is -2.23. The summed E-state index contributed by atoms with van der Waals surface area (Å²) in [5, 5.41) is 2.70. The quantitative estimate of drug-likeness (QED) is 0.708. The van der Waals surface area contributed by atoms with Crippen LogP contribution in [0.1, 0.15) is 6.92 Å². The number of amides is 1.